The van der Waals surface area contributed by atoms with Gasteiger partial charge in [-0.1, -0.05) is 122 Å². The van der Waals surface area contributed by atoms with Crippen molar-refractivity contribution in [3.05, 3.63) is 178 Å². The zero-order valence-electron chi connectivity index (χ0n) is 27.8. The van der Waals surface area contributed by atoms with Crippen molar-refractivity contribution in [3.63, 3.8) is 0 Å². The molecule has 0 amide bonds. The Morgan fingerprint density at radius 2 is 0.978 bits per heavy atom. The summed E-state index contributed by atoms with van der Waals surface area (Å²) in [7, 11) is 0. The summed E-state index contributed by atoms with van der Waals surface area (Å²) < 4.78 is 0. The minimum Gasteiger partial charge on any atom is -0.282 e. The molecule has 2 heteroatoms. The molecular formula is C43H46N2. The summed E-state index contributed by atoms with van der Waals surface area (Å²) in [5.74, 6) is 0. The Hall–Kier alpha value is -4.82. The van der Waals surface area contributed by atoms with Crippen LogP contribution in [-0.2, 0) is 0 Å². The highest BCUT2D eigenvalue weighted by molar-refractivity contribution is 6.00. The van der Waals surface area contributed by atoms with Gasteiger partial charge in [-0.15, -0.1) is 0 Å². The lowest BCUT2D eigenvalue weighted by Gasteiger charge is -2.23. The molecule has 0 bridgehead atoms. The Labute approximate surface area is 271 Å². The highest BCUT2D eigenvalue weighted by Crippen LogP contribution is 2.37. The van der Waals surface area contributed by atoms with E-state index in [-0.39, 0.29) is 12.1 Å². The molecule has 0 N–H and O–H groups in total. The zero-order chi connectivity index (χ0) is 32.7. The van der Waals surface area contributed by atoms with E-state index in [2.05, 4.69) is 116 Å². The van der Waals surface area contributed by atoms with Crippen molar-refractivity contribution in [1.29, 1.82) is 0 Å². The van der Waals surface area contributed by atoms with Crippen molar-refractivity contribution in [3.8, 4) is 0 Å². The van der Waals surface area contributed by atoms with E-state index in [1.165, 1.54) is 38.9 Å². The van der Waals surface area contributed by atoms with Gasteiger partial charge in [-0.05, 0) is 115 Å². The normalized spacial score (nSPS) is 12.8. The molecule has 0 radical (unpaired) electrons. The Balaban J connectivity index is 1.67. The molecule has 0 fully saturated rings. The van der Waals surface area contributed by atoms with Crippen molar-refractivity contribution in [2.45, 2.75) is 60.0 Å². The Morgan fingerprint density at radius 1 is 0.578 bits per heavy atom. The first kappa shape index (κ1) is 33.1. The molecule has 4 aromatic carbocycles. The summed E-state index contributed by atoms with van der Waals surface area (Å²) in [5.41, 5.74) is 15.4. The molecule has 4 aromatic rings. The van der Waals surface area contributed by atoms with Gasteiger partial charge < -0.3 is 0 Å². The molecule has 2 nitrogen and oxygen atoms in total. The molecule has 0 spiro atoms. The van der Waals surface area contributed by atoms with Gasteiger partial charge in [-0.3, -0.25) is 9.98 Å². The molecule has 0 aliphatic carbocycles. The van der Waals surface area contributed by atoms with Gasteiger partial charge in [0, 0.05) is 12.4 Å². The topological polar surface area (TPSA) is 24.7 Å². The Kier molecular flexibility index (Phi) is 10.9. The summed E-state index contributed by atoms with van der Waals surface area (Å²) >= 11 is 0. The molecule has 228 valence electrons. The Morgan fingerprint density at radius 3 is 1.42 bits per heavy atom. The molecule has 4 rings (SSSR count). The Bertz CT molecular complexity index is 1740. The van der Waals surface area contributed by atoms with Crippen LogP contribution in [0.15, 0.2) is 132 Å². The van der Waals surface area contributed by atoms with Crippen molar-refractivity contribution < 1.29 is 0 Å². The van der Waals surface area contributed by atoms with Crippen molar-refractivity contribution in [1.82, 2.24) is 0 Å². The third-order valence-electron chi connectivity index (χ3n) is 8.23. The number of nitrogens with zero attached hydrogens (tertiary/aromatic N) is 2. The average molecular weight is 591 g/mol. The second-order valence-electron chi connectivity index (χ2n) is 12.3. The summed E-state index contributed by atoms with van der Waals surface area (Å²) in [6.07, 6.45) is 4.41. The van der Waals surface area contributed by atoms with Gasteiger partial charge in [0.25, 0.3) is 0 Å². The number of hydrogen-bond acceptors (Lipinski definition) is 2. The summed E-state index contributed by atoms with van der Waals surface area (Å²) in [6, 6.07) is 28.9. The van der Waals surface area contributed by atoms with Crippen LogP contribution in [0.25, 0.3) is 11.1 Å². The van der Waals surface area contributed by atoms with Crippen LogP contribution >= 0.6 is 0 Å². The number of hydrogen-bond donors (Lipinski definition) is 0. The SMILES string of the molecule is C=C(C=NC(c1ccccc1)[C@@H](N=CC(=C)C(=C)c1c(C)cc(C)cc1C)c1ccccc1)CC(=C)c1c(C)cc(C)cc1C. The van der Waals surface area contributed by atoms with Crippen LogP contribution in [0.2, 0.25) is 0 Å². The molecule has 0 saturated carbocycles. The van der Waals surface area contributed by atoms with Gasteiger partial charge in [-0.25, -0.2) is 0 Å². The number of benzene rings is 4. The predicted molar refractivity (Wildman–Crippen MR) is 198 cm³/mol. The maximum atomic E-state index is 5.17. The maximum absolute atomic E-state index is 5.17. The van der Waals surface area contributed by atoms with E-state index in [9.17, 15) is 0 Å². The molecule has 45 heavy (non-hydrogen) atoms. The molecule has 0 aromatic heterocycles. The molecule has 0 aliphatic rings. The second kappa shape index (κ2) is 14.8. The lowest BCUT2D eigenvalue weighted by atomic mass is 9.91. The van der Waals surface area contributed by atoms with Crippen LogP contribution in [0.3, 0.4) is 0 Å². The van der Waals surface area contributed by atoms with Gasteiger partial charge in [0.1, 0.15) is 12.1 Å². The fraction of sp³-hybridized carbons (Fsp3) is 0.209. The third-order valence-corrected chi connectivity index (χ3v) is 8.23. The van der Waals surface area contributed by atoms with Gasteiger partial charge in [0.15, 0.2) is 0 Å². The number of allylic oxidation sites excluding steroid dienone is 4. The first-order valence-electron chi connectivity index (χ1n) is 15.5. The van der Waals surface area contributed by atoms with Crippen molar-refractivity contribution in [2.75, 3.05) is 0 Å². The summed E-state index contributed by atoms with van der Waals surface area (Å²) in [4.78, 5) is 10.3. The lowest BCUT2D eigenvalue weighted by molar-refractivity contribution is 0.583. The van der Waals surface area contributed by atoms with E-state index in [1.54, 1.807) is 0 Å². The minimum absolute atomic E-state index is 0.276. The van der Waals surface area contributed by atoms with Crippen LogP contribution in [0.5, 0.6) is 0 Å². The fourth-order valence-electron chi connectivity index (χ4n) is 6.40. The second-order valence-corrected chi connectivity index (χ2v) is 12.3. The third kappa shape index (κ3) is 8.22. The van der Waals surface area contributed by atoms with E-state index in [4.69, 9.17) is 9.98 Å². The fourth-order valence-corrected chi connectivity index (χ4v) is 6.40. The molecular weight excluding hydrogens is 544 g/mol. The van der Waals surface area contributed by atoms with E-state index in [1.807, 2.05) is 48.8 Å². The molecule has 2 atom stereocenters. The predicted octanol–water partition coefficient (Wildman–Crippen LogP) is 11.4. The highest BCUT2D eigenvalue weighted by Gasteiger charge is 2.24. The smallest absolute Gasteiger partial charge is 0.101 e. The largest absolute Gasteiger partial charge is 0.282 e. The van der Waals surface area contributed by atoms with E-state index >= 15 is 0 Å². The molecule has 0 heterocycles. The van der Waals surface area contributed by atoms with Gasteiger partial charge in [0.2, 0.25) is 0 Å². The van der Waals surface area contributed by atoms with Crippen LogP contribution < -0.4 is 0 Å². The van der Waals surface area contributed by atoms with Gasteiger partial charge >= 0.3 is 0 Å². The maximum Gasteiger partial charge on any atom is 0.101 e. The van der Waals surface area contributed by atoms with Crippen LogP contribution in [0, 0.1) is 41.5 Å². The summed E-state index contributed by atoms with van der Waals surface area (Å²) in [6.45, 7) is 30.4. The van der Waals surface area contributed by atoms with E-state index < -0.39 is 0 Å². The van der Waals surface area contributed by atoms with E-state index in [0.29, 0.717) is 6.42 Å². The average Bonchev–Trinajstić information content (AvgIpc) is 2.98. The number of rotatable bonds is 12. The first-order valence-corrected chi connectivity index (χ1v) is 15.5. The van der Waals surface area contributed by atoms with Crippen molar-refractivity contribution >= 4 is 23.6 Å². The zero-order valence-corrected chi connectivity index (χ0v) is 27.8. The summed E-state index contributed by atoms with van der Waals surface area (Å²) in [5, 5.41) is 0. The van der Waals surface area contributed by atoms with E-state index in [0.717, 1.165) is 39.0 Å². The minimum atomic E-state index is -0.285. The van der Waals surface area contributed by atoms with Crippen LogP contribution in [0.1, 0.15) is 74.1 Å². The monoisotopic (exact) mass is 590 g/mol. The lowest BCUT2D eigenvalue weighted by Crippen LogP contribution is -2.09. The number of aryl methyl sites for hydroxylation is 6. The highest BCUT2D eigenvalue weighted by atomic mass is 14.9. The quantitative estimate of drug-likeness (QED) is 0.116. The number of aliphatic imine (C=N–C) groups is 2. The molecule has 0 aliphatic heterocycles. The van der Waals surface area contributed by atoms with Gasteiger partial charge in [-0.2, -0.15) is 0 Å². The standard InChI is InChI=1S/C43H46N2/c1-28-21-31(4)40(32(5)22-28)33(6)25-30(3)26-44-42(38-17-13-11-14-18-38)43(39-19-15-12-16-20-39)45-27-36(9)37(10)41-34(7)23-29(2)24-35(41)8/h11-24,26-27,42-43H,3,6,9-10,25H2,1-2,4-5,7-8H3/t42?,43-/m0/s1. The van der Waals surface area contributed by atoms with Crippen molar-refractivity contribution in [2.24, 2.45) is 9.98 Å². The first-order chi connectivity index (χ1) is 21.5. The van der Waals surface area contributed by atoms with Crippen LogP contribution in [0.4, 0.5) is 0 Å². The molecule has 0 saturated heterocycles. The van der Waals surface area contributed by atoms with Gasteiger partial charge in [0.05, 0.1) is 0 Å². The van der Waals surface area contributed by atoms with Crippen LogP contribution in [-0.4, -0.2) is 12.4 Å². The molecule has 1 unspecified atom stereocenters.